The summed E-state index contributed by atoms with van der Waals surface area (Å²) in [6, 6.07) is 10.4. The number of aryl methyl sites for hydroxylation is 3. The Morgan fingerprint density at radius 1 is 0.905 bits per heavy atom. The molecular weight excluding hydrogens is 264 g/mol. The zero-order valence-corrected chi connectivity index (χ0v) is 12.4. The first-order chi connectivity index (χ1) is 9.88. The van der Waals surface area contributed by atoms with Gasteiger partial charge in [-0.25, -0.2) is 0 Å². The third kappa shape index (κ3) is 3.28. The highest BCUT2D eigenvalue weighted by molar-refractivity contribution is 6.05. The van der Waals surface area contributed by atoms with Crippen molar-refractivity contribution in [2.75, 3.05) is 5.32 Å². The van der Waals surface area contributed by atoms with Gasteiger partial charge in [0.05, 0.1) is 0 Å². The van der Waals surface area contributed by atoms with Gasteiger partial charge in [0.1, 0.15) is 0 Å². The molecule has 0 heterocycles. The summed E-state index contributed by atoms with van der Waals surface area (Å²) in [6.07, 6.45) is 0. The van der Waals surface area contributed by atoms with Crippen LogP contribution in [0.25, 0.3) is 0 Å². The van der Waals surface area contributed by atoms with E-state index in [0.717, 1.165) is 16.7 Å². The molecule has 0 aliphatic rings. The summed E-state index contributed by atoms with van der Waals surface area (Å²) in [7, 11) is 0. The highest BCUT2D eigenvalue weighted by Gasteiger charge is 2.11. The van der Waals surface area contributed by atoms with Gasteiger partial charge in [-0.05, 0) is 67.8 Å². The predicted octanol–water partition coefficient (Wildman–Crippen LogP) is 2.96. The van der Waals surface area contributed by atoms with Crippen LogP contribution in [-0.2, 0) is 0 Å². The van der Waals surface area contributed by atoms with Gasteiger partial charge in [-0.3, -0.25) is 9.59 Å². The molecule has 2 aromatic rings. The van der Waals surface area contributed by atoms with E-state index in [4.69, 9.17) is 5.73 Å². The van der Waals surface area contributed by atoms with E-state index >= 15 is 0 Å². The van der Waals surface area contributed by atoms with Crippen LogP contribution in [0.2, 0.25) is 0 Å². The molecule has 0 aromatic heterocycles. The maximum Gasteiger partial charge on any atom is 0.255 e. The van der Waals surface area contributed by atoms with E-state index in [9.17, 15) is 9.59 Å². The smallest absolute Gasteiger partial charge is 0.255 e. The number of hydrogen-bond acceptors (Lipinski definition) is 2. The molecule has 4 nitrogen and oxygen atoms in total. The number of hydrogen-bond donors (Lipinski definition) is 2. The number of anilines is 1. The monoisotopic (exact) mass is 282 g/mol. The fourth-order valence-electron chi connectivity index (χ4n) is 2.12. The minimum absolute atomic E-state index is 0.164. The molecule has 21 heavy (non-hydrogen) atoms. The molecule has 0 unspecified atom stereocenters. The quantitative estimate of drug-likeness (QED) is 0.908. The molecule has 3 N–H and O–H groups in total. The van der Waals surface area contributed by atoms with Gasteiger partial charge in [0.15, 0.2) is 0 Å². The number of nitrogens with one attached hydrogen (secondary N) is 1. The van der Waals surface area contributed by atoms with Crippen molar-refractivity contribution in [1.29, 1.82) is 0 Å². The van der Waals surface area contributed by atoms with E-state index < -0.39 is 5.91 Å². The molecule has 108 valence electrons. The SMILES string of the molecule is Cc1cc(C)c(C(=O)Nc2ccc(C(N)=O)cc2)cc1C. The van der Waals surface area contributed by atoms with Gasteiger partial charge in [0.2, 0.25) is 5.91 Å². The molecular formula is C17H18N2O2. The number of carbonyl (C=O) groups is 2. The second-order valence-electron chi connectivity index (χ2n) is 5.15. The highest BCUT2D eigenvalue weighted by Crippen LogP contribution is 2.17. The molecule has 2 aromatic carbocycles. The lowest BCUT2D eigenvalue weighted by molar-refractivity contribution is 0.0998. The van der Waals surface area contributed by atoms with Crippen molar-refractivity contribution < 1.29 is 9.59 Å². The van der Waals surface area contributed by atoms with Crippen molar-refractivity contribution in [3.63, 3.8) is 0 Å². The van der Waals surface area contributed by atoms with Crippen molar-refractivity contribution >= 4 is 17.5 Å². The minimum Gasteiger partial charge on any atom is -0.366 e. The average Bonchev–Trinajstić information content (AvgIpc) is 2.43. The molecule has 0 saturated heterocycles. The van der Waals surface area contributed by atoms with Gasteiger partial charge in [0.25, 0.3) is 5.91 Å². The van der Waals surface area contributed by atoms with E-state index in [2.05, 4.69) is 5.32 Å². The summed E-state index contributed by atoms with van der Waals surface area (Å²) in [6.45, 7) is 5.91. The first-order valence-corrected chi connectivity index (χ1v) is 6.67. The topological polar surface area (TPSA) is 72.2 Å². The van der Waals surface area contributed by atoms with E-state index in [-0.39, 0.29) is 5.91 Å². The zero-order valence-electron chi connectivity index (χ0n) is 12.4. The molecule has 0 aliphatic heterocycles. The van der Waals surface area contributed by atoms with Gasteiger partial charge >= 0.3 is 0 Å². The first-order valence-electron chi connectivity index (χ1n) is 6.67. The Bertz CT molecular complexity index is 703. The summed E-state index contributed by atoms with van der Waals surface area (Å²) in [4.78, 5) is 23.3. The largest absolute Gasteiger partial charge is 0.366 e. The first kappa shape index (κ1) is 14.8. The number of rotatable bonds is 3. The Kier molecular flexibility index (Phi) is 4.08. The summed E-state index contributed by atoms with van der Waals surface area (Å²) >= 11 is 0. The van der Waals surface area contributed by atoms with Crippen LogP contribution in [0.3, 0.4) is 0 Å². The predicted molar refractivity (Wildman–Crippen MR) is 83.6 cm³/mol. The third-order valence-electron chi connectivity index (χ3n) is 3.51. The highest BCUT2D eigenvalue weighted by atomic mass is 16.2. The molecule has 0 radical (unpaired) electrons. The van der Waals surface area contributed by atoms with Crippen molar-refractivity contribution in [2.45, 2.75) is 20.8 Å². The lowest BCUT2D eigenvalue weighted by Crippen LogP contribution is -2.15. The van der Waals surface area contributed by atoms with Gasteiger partial charge in [0, 0.05) is 16.8 Å². The van der Waals surface area contributed by atoms with Crippen molar-refractivity contribution in [3.05, 3.63) is 64.2 Å². The second kappa shape index (κ2) is 5.79. The Morgan fingerprint density at radius 3 is 2.05 bits per heavy atom. The standard InChI is InChI=1S/C17H18N2O2/c1-10-8-12(3)15(9-11(10)2)17(21)19-14-6-4-13(5-7-14)16(18)20/h4-9H,1-3H3,(H2,18,20)(H,19,21). The second-order valence-corrected chi connectivity index (χ2v) is 5.15. The number of nitrogens with two attached hydrogens (primary N) is 1. The summed E-state index contributed by atoms with van der Waals surface area (Å²) in [5.41, 5.74) is 10.0. The van der Waals surface area contributed by atoms with Crippen LogP contribution in [0.1, 0.15) is 37.4 Å². The summed E-state index contributed by atoms with van der Waals surface area (Å²) < 4.78 is 0. The summed E-state index contributed by atoms with van der Waals surface area (Å²) in [5, 5.41) is 2.82. The van der Waals surface area contributed by atoms with Crippen molar-refractivity contribution in [2.24, 2.45) is 5.73 Å². The fourth-order valence-corrected chi connectivity index (χ4v) is 2.12. The zero-order chi connectivity index (χ0) is 15.6. The molecule has 2 amide bonds. The number of amides is 2. The molecule has 0 atom stereocenters. The Balaban J connectivity index is 2.22. The number of benzene rings is 2. The Morgan fingerprint density at radius 2 is 1.48 bits per heavy atom. The lowest BCUT2D eigenvalue weighted by atomic mass is 10.0. The van der Waals surface area contributed by atoms with Crippen LogP contribution in [0.15, 0.2) is 36.4 Å². The van der Waals surface area contributed by atoms with Gasteiger partial charge < -0.3 is 11.1 Å². The Labute approximate surface area is 124 Å². The van der Waals surface area contributed by atoms with Gasteiger partial charge in [-0.15, -0.1) is 0 Å². The lowest BCUT2D eigenvalue weighted by Gasteiger charge is -2.10. The van der Waals surface area contributed by atoms with E-state index in [1.165, 1.54) is 0 Å². The molecule has 0 fully saturated rings. The number of primary amides is 1. The molecule has 0 saturated carbocycles. The van der Waals surface area contributed by atoms with E-state index in [1.807, 2.05) is 32.9 Å². The van der Waals surface area contributed by atoms with Crippen LogP contribution in [0, 0.1) is 20.8 Å². The molecule has 0 aliphatic carbocycles. The van der Waals surface area contributed by atoms with Gasteiger partial charge in [-0.1, -0.05) is 6.07 Å². The molecule has 0 spiro atoms. The normalized spacial score (nSPS) is 10.2. The third-order valence-corrected chi connectivity index (χ3v) is 3.51. The van der Waals surface area contributed by atoms with Crippen LogP contribution >= 0.6 is 0 Å². The van der Waals surface area contributed by atoms with Crippen molar-refractivity contribution in [3.8, 4) is 0 Å². The van der Waals surface area contributed by atoms with Crippen LogP contribution in [-0.4, -0.2) is 11.8 Å². The van der Waals surface area contributed by atoms with Crippen LogP contribution in [0.5, 0.6) is 0 Å². The van der Waals surface area contributed by atoms with Crippen molar-refractivity contribution in [1.82, 2.24) is 0 Å². The van der Waals surface area contributed by atoms with E-state index in [0.29, 0.717) is 16.8 Å². The van der Waals surface area contributed by atoms with E-state index in [1.54, 1.807) is 24.3 Å². The van der Waals surface area contributed by atoms with Crippen LogP contribution < -0.4 is 11.1 Å². The minimum atomic E-state index is -0.488. The molecule has 0 bridgehead atoms. The molecule has 4 heteroatoms. The maximum absolute atomic E-state index is 12.3. The number of carbonyl (C=O) groups excluding carboxylic acids is 2. The molecule has 2 rings (SSSR count). The average molecular weight is 282 g/mol. The summed E-state index contributed by atoms with van der Waals surface area (Å²) in [5.74, 6) is -0.652. The Hall–Kier alpha value is -2.62. The maximum atomic E-state index is 12.3. The fraction of sp³-hybridized carbons (Fsp3) is 0.176. The van der Waals surface area contributed by atoms with Gasteiger partial charge in [-0.2, -0.15) is 0 Å². The van der Waals surface area contributed by atoms with Crippen LogP contribution in [0.4, 0.5) is 5.69 Å².